The highest BCUT2D eigenvalue weighted by Gasteiger charge is 2.43. The van der Waals surface area contributed by atoms with Crippen molar-refractivity contribution in [2.45, 2.75) is 78.2 Å². The summed E-state index contributed by atoms with van der Waals surface area (Å²) in [6.07, 6.45) is 1.57. The molecular weight excluding hydrogens is 489 g/mol. The number of nitrogens with zero attached hydrogens (tertiary/aromatic N) is 1. The fraction of sp³-hybridized carbons (Fsp3) is 0.680. The number of amides is 1. The molecule has 0 spiro atoms. The number of ether oxygens (including phenoxy) is 2. The van der Waals surface area contributed by atoms with Gasteiger partial charge in [0.2, 0.25) is 5.91 Å². The average Bonchev–Trinajstić information content (AvgIpc) is 3.45. The van der Waals surface area contributed by atoms with E-state index in [1.54, 1.807) is 31.2 Å². The quantitative estimate of drug-likeness (QED) is 0.311. The lowest BCUT2D eigenvalue weighted by Gasteiger charge is -2.26. The molecule has 0 saturated carbocycles. The molecule has 8 nitrogen and oxygen atoms in total. The standard InChI is InChI=1S/C23H34NO7PS.C2H6/c1-16-17(2)30-21(22(16)31-23(26)19-9-6-5-7-10-19)15-29-32(33,27-4)28-14-12-20-11-8-13-24(20)18(3)25;1-2/h5-7,9-10,16-17,20-22H,8,11-15H2,1-4H3;1-2H3/t16-,17-,20?,21+,22-,32?;/m0./s1. The SMILES string of the molecule is CC.COP(=S)(OCCC1CCCN1C(C)=O)OC[C@H]1O[C@@H](C)[C@H](C)[C@@H]1OC(=O)c1ccccc1. The van der Waals surface area contributed by atoms with Crippen LogP contribution in [0.4, 0.5) is 0 Å². The summed E-state index contributed by atoms with van der Waals surface area (Å²) in [5.74, 6) is -0.325. The highest BCUT2D eigenvalue weighted by molar-refractivity contribution is 8.07. The second-order valence-corrected chi connectivity index (χ2v) is 11.6. The van der Waals surface area contributed by atoms with Crippen LogP contribution in [0.5, 0.6) is 0 Å². The summed E-state index contributed by atoms with van der Waals surface area (Å²) in [7, 11) is 1.46. The van der Waals surface area contributed by atoms with Gasteiger partial charge in [-0.1, -0.05) is 39.0 Å². The summed E-state index contributed by atoms with van der Waals surface area (Å²) in [5, 5.41) is 0. The summed E-state index contributed by atoms with van der Waals surface area (Å²) in [6.45, 7) is 7.73. The molecular formula is C25H40NO7PS. The zero-order valence-corrected chi connectivity index (χ0v) is 23.4. The molecule has 0 aliphatic carbocycles. The maximum absolute atomic E-state index is 12.6. The van der Waals surface area contributed by atoms with Gasteiger partial charge in [0.15, 0.2) is 0 Å². The van der Waals surface area contributed by atoms with Gasteiger partial charge in [-0.2, -0.15) is 0 Å². The molecule has 0 bridgehead atoms. The summed E-state index contributed by atoms with van der Waals surface area (Å²) in [4.78, 5) is 26.2. The fourth-order valence-corrected chi connectivity index (χ4v) is 5.67. The Morgan fingerprint density at radius 1 is 1.17 bits per heavy atom. The normalized spacial score (nSPS) is 27.6. The van der Waals surface area contributed by atoms with Gasteiger partial charge >= 0.3 is 12.7 Å². The van der Waals surface area contributed by atoms with Gasteiger partial charge in [0.1, 0.15) is 12.2 Å². The molecule has 0 N–H and O–H groups in total. The fourth-order valence-electron chi connectivity index (χ4n) is 4.32. The van der Waals surface area contributed by atoms with E-state index in [0.717, 1.165) is 19.4 Å². The van der Waals surface area contributed by atoms with Crippen molar-refractivity contribution < 1.29 is 32.6 Å². The third kappa shape index (κ3) is 8.34. The molecule has 198 valence electrons. The van der Waals surface area contributed by atoms with E-state index in [0.29, 0.717) is 18.6 Å². The van der Waals surface area contributed by atoms with E-state index in [2.05, 4.69) is 0 Å². The molecule has 0 aromatic heterocycles. The van der Waals surface area contributed by atoms with Crippen LogP contribution in [-0.4, -0.2) is 68.0 Å². The van der Waals surface area contributed by atoms with Crippen LogP contribution in [0.15, 0.2) is 30.3 Å². The summed E-state index contributed by atoms with van der Waals surface area (Å²) < 4.78 is 29.0. The van der Waals surface area contributed by atoms with Crippen molar-refractivity contribution in [3.63, 3.8) is 0 Å². The number of carbonyl (C=O) groups excluding carboxylic acids is 2. The van der Waals surface area contributed by atoms with Crippen LogP contribution in [0.3, 0.4) is 0 Å². The first kappa shape index (κ1) is 29.9. The number of carbonyl (C=O) groups is 2. The van der Waals surface area contributed by atoms with E-state index in [4.69, 9.17) is 34.9 Å². The zero-order chi connectivity index (χ0) is 26.0. The van der Waals surface area contributed by atoms with Gasteiger partial charge < -0.3 is 27.9 Å². The molecule has 2 saturated heterocycles. The lowest BCUT2D eigenvalue weighted by atomic mass is 9.99. The highest BCUT2D eigenvalue weighted by Crippen LogP contribution is 2.50. The monoisotopic (exact) mass is 529 g/mol. The maximum Gasteiger partial charge on any atom is 0.338 e. The van der Waals surface area contributed by atoms with Gasteiger partial charge in [0.25, 0.3) is 0 Å². The van der Waals surface area contributed by atoms with Crippen molar-refractivity contribution in [1.29, 1.82) is 0 Å². The summed E-state index contributed by atoms with van der Waals surface area (Å²) in [5.41, 5.74) is 0.487. The van der Waals surface area contributed by atoms with E-state index in [9.17, 15) is 9.59 Å². The van der Waals surface area contributed by atoms with E-state index >= 15 is 0 Å². The maximum atomic E-state index is 12.6. The van der Waals surface area contributed by atoms with Crippen molar-refractivity contribution in [3.8, 4) is 0 Å². The Labute approximate surface area is 214 Å². The first-order chi connectivity index (χ1) is 16.7. The molecule has 2 fully saturated rings. The van der Waals surface area contributed by atoms with Crippen LogP contribution in [0.2, 0.25) is 0 Å². The van der Waals surface area contributed by atoms with Gasteiger partial charge in [-0.25, -0.2) is 4.79 Å². The molecule has 3 rings (SSSR count). The highest BCUT2D eigenvalue weighted by atomic mass is 32.5. The molecule has 2 heterocycles. The van der Waals surface area contributed by atoms with Crippen molar-refractivity contribution in [3.05, 3.63) is 35.9 Å². The van der Waals surface area contributed by atoms with Crippen LogP contribution >= 0.6 is 6.72 Å². The van der Waals surface area contributed by atoms with Crippen molar-refractivity contribution in [1.82, 2.24) is 4.90 Å². The lowest BCUT2D eigenvalue weighted by molar-refractivity contribution is -0.129. The molecule has 1 aromatic rings. The Morgan fingerprint density at radius 3 is 2.49 bits per heavy atom. The number of likely N-dealkylation sites (tertiary alicyclic amines) is 1. The molecule has 35 heavy (non-hydrogen) atoms. The third-order valence-electron chi connectivity index (χ3n) is 6.37. The molecule has 10 heteroatoms. The average molecular weight is 530 g/mol. The minimum Gasteiger partial charge on any atom is -0.456 e. The van der Waals surface area contributed by atoms with Gasteiger partial charge in [-0.05, 0) is 50.1 Å². The van der Waals surface area contributed by atoms with Crippen LogP contribution in [0, 0.1) is 5.92 Å². The van der Waals surface area contributed by atoms with E-state index in [1.165, 1.54) is 7.11 Å². The smallest absolute Gasteiger partial charge is 0.338 e. The molecule has 1 amide bonds. The van der Waals surface area contributed by atoms with E-state index in [1.807, 2.05) is 38.7 Å². The summed E-state index contributed by atoms with van der Waals surface area (Å²) in [6, 6.07) is 9.02. The lowest BCUT2D eigenvalue weighted by Crippen LogP contribution is -2.35. The second kappa shape index (κ2) is 14.4. The van der Waals surface area contributed by atoms with E-state index in [-0.39, 0.29) is 30.6 Å². The van der Waals surface area contributed by atoms with Crippen molar-refractivity contribution in [2.75, 3.05) is 26.9 Å². The Morgan fingerprint density at radius 2 is 1.86 bits per heavy atom. The van der Waals surface area contributed by atoms with Gasteiger partial charge in [-0.3, -0.25) is 4.79 Å². The Bertz CT molecular complexity index is 855. The van der Waals surface area contributed by atoms with Crippen molar-refractivity contribution >= 4 is 30.4 Å². The third-order valence-corrected chi connectivity index (χ3v) is 8.86. The first-order valence-electron chi connectivity index (χ1n) is 12.4. The minimum absolute atomic E-state index is 0.00693. The van der Waals surface area contributed by atoms with E-state index < -0.39 is 24.9 Å². The minimum atomic E-state index is -3.00. The van der Waals surface area contributed by atoms with Crippen LogP contribution < -0.4 is 0 Å². The van der Waals surface area contributed by atoms with Crippen LogP contribution in [-0.2, 0) is 39.6 Å². The molecule has 6 atom stereocenters. The van der Waals surface area contributed by atoms with Gasteiger partial charge in [0, 0.05) is 32.5 Å². The number of hydrogen-bond acceptors (Lipinski definition) is 8. The Balaban J connectivity index is 0.00000210. The van der Waals surface area contributed by atoms with Crippen LogP contribution in [0.1, 0.15) is 64.2 Å². The molecule has 1 aromatic carbocycles. The summed E-state index contributed by atoms with van der Waals surface area (Å²) >= 11 is 5.52. The largest absolute Gasteiger partial charge is 0.456 e. The molecule has 2 aliphatic rings. The zero-order valence-electron chi connectivity index (χ0n) is 21.7. The number of benzene rings is 1. The van der Waals surface area contributed by atoms with Gasteiger partial charge in [0.05, 0.1) is 24.9 Å². The first-order valence-corrected chi connectivity index (χ1v) is 14.9. The second-order valence-electron chi connectivity index (χ2n) is 8.53. The van der Waals surface area contributed by atoms with Crippen LogP contribution in [0.25, 0.3) is 0 Å². The predicted molar refractivity (Wildman–Crippen MR) is 139 cm³/mol. The topological polar surface area (TPSA) is 83.5 Å². The molecule has 2 aliphatic heterocycles. The predicted octanol–water partition coefficient (Wildman–Crippen LogP) is 4.97. The number of esters is 1. The number of hydrogen-bond donors (Lipinski definition) is 0. The van der Waals surface area contributed by atoms with Gasteiger partial charge in [-0.15, -0.1) is 0 Å². The Hall–Kier alpha value is -1.35. The molecule has 2 unspecified atom stereocenters. The molecule has 0 radical (unpaired) electrons. The van der Waals surface area contributed by atoms with Crippen molar-refractivity contribution in [2.24, 2.45) is 5.92 Å². The Kier molecular flexibility index (Phi) is 12.3. The number of rotatable bonds is 10.